The number of nitrogens with zero attached hydrogens (tertiary/aromatic N) is 2. The highest BCUT2D eigenvalue weighted by Crippen LogP contribution is 2.20. The smallest absolute Gasteiger partial charge is 0.200 e. The third-order valence-corrected chi connectivity index (χ3v) is 3.11. The number of rotatable bonds is 5. The number of hydrogen-bond acceptors (Lipinski definition) is 4. The molecule has 0 spiro atoms. The molecular formula is C14H14ClFN2O2. The van der Waals surface area contributed by atoms with Gasteiger partial charge in [-0.2, -0.15) is 0 Å². The summed E-state index contributed by atoms with van der Waals surface area (Å²) in [4.78, 5) is 8.53. The van der Waals surface area contributed by atoms with Gasteiger partial charge in [-0.05, 0) is 23.8 Å². The van der Waals surface area contributed by atoms with Crippen LogP contribution in [0.2, 0.25) is 5.02 Å². The first-order chi connectivity index (χ1) is 9.63. The third-order valence-electron chi connectivity index (χ3n) is 2.76. The van der Waals surface area contributed by atoms with E-state index in [0.717, 1.165) is 5.56 Å². The number of methoxy groups -OCH3 is 2. The SMILES string of the molecule is COC(OC)c1ccnc(Cc2ccc(F)cc2Cl)n1. The Kier molecular flexibility index (Phi) is 5.00. The lowest BCUT2D eigenvalue weighted by Crippen LogP contribution is -2.08. The van der Waals surface area contributed by atoms with E-state index in [0.29, 0.717) is 23.0 Å². The number of aromatic nitrogens is 2. The second-order valence-corrected chi connectivity index (χ2v) is 4.52. The summed E-state index contributed by atoms with van der Waals surface area (Å²) in [5.74, 6) is 0.197. The lowest BCUT2D eigenvalue weighted by molar-refractivity contribution is -0.108. The van der Waals surface area contributed by atoms with Crippen LogP contribution in [0.15, 0.2) is 30.5 Å². The first-order valence-electron chi connectivity index (χ1n) is 5.95. The average molecular weight is 297 g/mol. The van der Waals surface area contributed by atoms with Gasteiger partial charge in [-0.3, -0.25) is 0 Å². The molecule has 0 bridgehead atoms. The molecule has 0 aliphatic rings. The monoisotopic (exact) mass is 296 g/mol. The van der Waals surface area contributed by atoms with Gasteiger partial charge in [0.15, 0.2) is 0 Å². The Bertz CT molecular complexity index is 591. The summed E-state index contributed by atoms with van der Waals surface area (Å²) in [6, 6.07) is 5.97. The van der Waals surface area contributed by atoms with Gasteiger partial charge < -0.3 is 9.47 Å². The minimum Gasteiger partial charge on any atom is -0.350 e. The van der Waals surface area contributed by atoms with E-state index in [2.05, 4.69) is 9.97 Å². The average Bonchev–Trinajstić information content (AvgIpc) is 2.44. The van der Waals surface area contributed by atoms with Crippen molar-refractivity contribution < 1.29 is 13.9 Å². The van der Waals surface area contributed by atoms with Crippen molar-refractivity contribution in [2.24, 2.45) is 0 Å². The van der Waals surface area contributed by atoms with E-state index in [1.165, 1.54) is 26.4 Å². The Balaban J connectivity index is 2.23. The maximum Gasteiger partial charge on any atom is 0.200 e. The maximum absolute atomic E-state index is 13.0. The van der Waals surface area contributed by atoms with E-state index in [-0.39, 0.29) is 5.82 Å². The summed E-state index contributed by atoms with van der Waals surface area (Å²) in [5.41, 5.74) is 1.38. The quantitative estimate of drug-likeness (QED) is 0.795. The summed E-state index contributed by atoms with van der Waals surface area (Å²) in [6.07, 6.45) is 1.49. The molecule has 0 atom stereocenters. The van der Waals surface area contributed by atoms with Crippen molar-refractivity contribution in [2.75, 3.05) is 14.2 Å². The second kappa shape index (κ2) is 6.74. The van der Waals surface area contributed by atoms with Crippen LogP contribution >= 0.6 is 11.6 Å². The van der Waals surface area contributed by atoms with Crippen LogP contribution < -0.4 is 0 Å². The van der Waals surface area contributed by atoms with Gasteiger partial charge in [0.2, 0.25) is 6.29 Å². The molecule has 0 fully saturated rings. The van der Waals surface area contributed by atoms with Crippen molar-refractivity contribution in [3.05, 3.63) is 58.4 Å². The molecule has 0 unspecified atom stereocenters. The molecule has 4 nitrogen and oxygen atoms in total. The number of benzene rings is 1. The number of ether oxygens (including phenoxy) is 2. The molecular weight excluding hydrogens is 283 g/mol. The highest BCUT2D eigenvalue weighted by atomic mass is 35.5. The summed E-state index contributed by atoms with van der Waals surface area (Å²) >= 11 is 5.99. The van der Waals surface area contributed by atoms with E-state index in [9.17, 15) is 4.39 Å². The number of halogens is 2. The number of hydrogen-bond donors (Lipinski definition) is 0. The van der Waals surface area contributed by atoms with E-state index in [1.54, 1.807) is 18.3 Å². The normalized spacial score (nSPS) is 11.1. The van der Waals surface area contributed by atoms with Crippen molar-refractivity contribution in [2.45, 2.75) is 12.7 Å². The molecule has 0 amide bonds. The van der Waals surface area contributed by atoms with Crippen LogP contribution in [0.1, 0.15) is 23.4 Å². The Morgan fingerprint density at radius 1 is 1.25 bits per heavy atom. The zero-order valence-electron chi connectivity index (χ0n) is 11.1. The standard InChI is InChI=1S/C14H14ClFN2O2/c1-19-14(20-2)12-5-6-17-13(18-12)7-9-3-4-10(16)8-11(9)15/h3-6,8,14H,7H2,1-2H3. The van der Waals surface area contributed by atoms with E-state index in [1.807, 2.05) is 0 Å². The molecule has 0 aliphatic heterocycles. The zero-order valence-corrected chi connectivity index (χ0v) is 11.9. The highest BCUT2D eigenvalue weighted by Gasteiger charge is 2.12. The Labute approximate surface area is 121 Å². The van der Waals surface area contributed by atoms with Crippen LogP contribution in [-0.4, -0.2) is 24.2 Å². The summed E-state index contributed by atoms with van der Waals surface area (Å²) in [5, 5.41) is 0.356. The third kappa shape index (κ3) is 3.50. The first-order valence-corrected chi connectivity index (χ1v) is 6.33. The predicted molar refractivity (Wildman–Crippen MR) is 73.0 cm³/mol. The minimum atomic E-state index is -0.541. The van der Waals surface area contributed by atoms with E-state index >= 15 is 0 Å². The largest absolute Gasteiger partial charge is 0.350 e. The van der Waals surface area contributed by atoms with Crippen molar-refractivity contribution >= 4 is 11.6 Å². The summed E-state index contributed by atoms with van der Waals surface area (Å²) in [7, 11) is 3.07. The molecule has 0 aliphatic carbocycles. The minimum absolute atomic E-state index is 0.356. The lowest BCUT2D eigenvalue weighted by Gasteiger charge is -2.13. The van der Waals surface area contributed by atoms with Gasteiger partial charge in [-0.25, -0.2) is 14.4 Å². The molecule has 6 heteroatoms. The maximum atomic E-state index is 13.0. The van der Waals surface area contributed by atoms with Crippen LogP contribution in [0.3, 0.4) is 0 Å². The predicted octanol–water partition coefficient (Wildman–Crippen LogP) is 3.15. The Morgan fingerprint density at radius 3 is 2.65 bits per heavy atom. The van der Waals surface area contributed by atoms with Crippen LogP contribution in [0.25, 0.3) is 0 Å². The van der Waals surface area contributed by atoms with Crippen LogP contribution in [0.4, 0.5) is 4.39 Å². The van der Waals surface area contributed by atoms with Crippen molar-refractivity contribution in [1.82, 2.24) is 9.97 Å². The molecule has 2 aromatic rings. The van der Waals surface area contributed by atoms with Gasteiger partial charge in [-0.1, -0.05) is 17.7 Å². The van der Waals surface area contributed by atoms with Crippen molar-refractivity contribution in [3.8, 4) is 0 Å². The molecule has 2 rings (SSSR count). The molecule has 0 saturated carbocycles. The fourth-order valence-corrected chi connectivity index (χ4v) is 2.04. The topological polar surface area (TPSA) is 44.2 Å². The summed E-state index contributed by atoms with van der Waals surface area (Å²) in [6.45, 7) is 0. The van der Waals surface area contributed by atoms with Gasteiger partial charge in [-0.15, -0.1) is 0 Å². The molecule has 1 aromatic heterocycles. The Morgan fingerprint density at radius 2 is 2.00 bits per heavy atom. The van der Waals surface area contributed by atoms with Crippen molar-refractivity contribution in [1.29, 1.82) is 0 Å². The van der Waals surface area contributed by atoms with Gasteiger partial charge in [0.05, 0.1) is 5.69 Å². The Hall–Kier alpha value is -1.56. The van der Waals surface area contributed by atoms with Gasteiger partial charge in [0.25, 0.3) is 0 Å². The summed E-state index contributed by atoms with van der Waals surface area (Å²) < 4.78 is 23.3. The molecule has 20 heavy (non-hydrogen) atoms. The highest BCUT2D eigenvalue weighted by molar-refractivity contribution is 6.31. The molecule has 0 N–H and O–H groups in total. The molecule has 0 saturated heterocycles. The van der Waals surface area contributed by atoms with E-state index < -0.39 is 6.29 Å². The van der Waals surface area contributed by atoms with Crippen LogP contribution in [0, 0.1) is 5.82 Å². The van der Waals surface area contributed by atoms with Gasteiger partial charge in [0, 0.05) is 31.9 Å². The molecule has 1 aromatic carbocycles. The van der Waals surface area contributed by atoms with Crippen LogP contribution in [-0.2, 0) is 15.9 Å². The van der Waals surface area contributed by atoms with Gasteiger partial charge >= 0.3 is 0 Å². The molecule has 106 valence electrons. The van der Waals surface area contributed by atoms with Gasteiger partial charge in [0.1, 0.15) is 11.6 Å². The fourth-order valence-electron chi connectivity index (χ4n) is 1.80. The second-order valence-electron chi connectivity index (χ2n) is 4.11. The van der Waals surface area contributed by atoms with Crippen LogP contribution in [0.5, 0.6) is 0 Å². The first kappa shape index (κ1) is 14.8. The molecule has 1 heterocycles. The van der Waals surface area contributed by atoms with E-state index in [4.69, 9.17) is 21.1 Å². The lowest BCUT2D eigenvalue weighted by atomic mass is 10.1. The molecule has 0 radical (unpaired) electrons. The zero-order chi connectivity index (χ0) is 14.5. The van der Waals surface area contributed by atoms with Crippen molar-refractivity contribution in [3.63, 3.8) is 0 Å². The fraction of sp³-hybridized carbons (Fsp3) is 0.286.